The van der Waals surface area contributed by atoms with E-state index in [1.807, 2.05) is 42.5 Å². The number of anilines is 1. The molecule has 0 spiro atoms. The van der Waals surface area contributed by atoms with Gasteiger partial charge in [-0.05, 0) is 42.0 Å². The van der Waals surface area contributed by atoms with E-state index in [9.17, 15) is 9.59 Å². The van der Waals surface area contributed by atoms with E-state index in [0.29, 0.717) is 11.4 Å². The Bertz CT molecular complexity index is 1010. The van der Waals surface area contributed by atoms with E-state index < -0.39 is 17.7 Å². The molecular formula is C22H21N3O3. The number of nitrogens with one attached hydrogen (secondary N) is 2. The molecule has 0 heterocycles. The molecule has 1 atom stereocenters. The fraction of sp³-hybridized carbons (Fsp3) is 0.136. The van der Waals surface area contributed by atoms with E-state index in [-0.39, 0.29) is 0 Å². The highest BCUT2D eigenvalue weighted by Crippen LogP contribution is 2.17. The Hall–Kier alpha value is -3.67. The summed E-state index contributed by atoms with van der Waals surface area (Å²) in [6.45, 7) is 1.53. The molecule has 142 valence electrons. The Morgan fingerprint density at radius 2 is 1.68 bits per heavy atom. The number of nitrogens with zero attached hydrogens (tertiary/aromatic N) is 1. The molecule has 6 nitrogen and oxygen atoms in total. The van der Waals surface area contributed by atoms with Gasteiger partial charge in [0, 0.05) is 11.3 Å². The number of methoxy groups -OCH3 is 1. The Balaban J connectivity index is 1.60. The normalized spacial score (nSPS) is 11.9. The molecule has 3 rings (SSSR count). The molecule has 2 N–H and O–H groups in total. The minimum atomic E-state index is -0.897. The van der Waals surface area contributed by atoms with Crippen LogP contribution in [0.2, 0.25) is 0 Å². The molecule has 0 aromatic heterocycles. The fourth-order valence-electron chi connectivity index (χ4n) is 2.67. The smallest absolute Gasteiger partial charge is 0.252 e. The van der Waals surface area contributed by atoms with E-state index in [0.717, 1.165) is 16.3 Å². The topological polar surface area (TPSA) is 79.8 Å². The largest absolute Gasteiger partial charge is 0.497 e. The number of carbonyl (C=O) groups is 2. The molecule has 0 fully saturated rings. The summed E-state index contributed by atoms with van der Waals surface area (Å²) in [6, 6.07) is 20.6. The molecule has 3 aromatic rings. The van der Waals surface area contributed by atoms with Crippen molar-refractivity contribution in [3.05, 3.63) is 72.3 Å². The third-order valence-electron chi connectivity index (χ3n) is 4.35. The predicted octanol–water partition coefficient (Wildman–Crippen LogP) is 3.57. The van der Waals surface area contributed by atoms with Gasteiger partial charge in [0.1, 0.15) is 11.7 Å². The minimum absolute atomic E-state index is 0.414. The number of carbonyl (C=O) groups excluding carboxylic acids is 2. The SMILES string of the molecule is COc1ccc(NC(=O)C(C)C(=O)NN=Cc2cccc3ccccc23)cc1. The first-order chi connectivity index (χ1) is 13.6. The van der Waals surface area contributed by atoms with Crippen LogP contribution in [0.5, 0.6) is 5.75 Å². The summed E-state index contributed by atoms with van der Waals surface area (Å²) in [5.41, 5.74) is 3.90. The van der Waals surface area contributed by atoms with Crippen LogP contribution in [0.25, 0.3) is 10.8 Å². The highest BCUT2D eigenvalue weighted by atomic mass is 16.5. The van der Waals surface area contributed by atoms with E-state index in [1.54, 1.807) is 37.6 Å². The van der Waals surface area contributed by atoms with Gasteiger partial charge in [-0.3, -0.25) is 9.59 Å². The lowest BCUT2D eigenvalue weighted by Crippen LogP contribution is -2.34. The van der Waals surface area contributed by atoms with Gasteiger partial charge < -0.3 is 10.1 Å². The molecule has 2 amide bonds. The lowest BCUT2D eigenvalue weighted by molar-refractivity contribution is -0.131. The molecule has 3 aromatic carbocycles. The molecule has 6 heteroatoms. The van der Waals surface area contributed by atoms with Gasteiger partial charge in [0.25, 0.3) is 5.91 Å². The molecule has 0 aliphatic rings. The van der Waals surface area contributed by atoms with Crippen LogP contribution >= 0.6 is 0 Å². The van der Waals surface area contributed by atoms with Crippen molar-refractivity contribution < 1.29 is 14.3 Å². The summed E-state index contributed by atoms with van der Waals surface area (Å²) in [7, 11) is 1.57. The highest BCUT2D eigenvalue weighted by Gasteiger charge is 2.21. The van der Waals surface area contributed by atoms with Crippen molar-refractivity contribution >= 4 is 34.5 Å². The predicted molar refractivity (Wildman–Crippen MR) is 110 cm³/mol. The second-order valence-electron chi connectivity index (χ2n) is 6.24. The number of hydrazone groups is 1. The summed E-state index contributed by atoms with van der Waals surface area (Å²) >= 11 is 0. The molecular weight excluding hydrogens is 354 g/mol. The standard InChI is InChI=1S/C22H21N3O3/c1-15(21(26)24-18-10-12-19(28-2)13-11-18)22(27)25-23-14-17-8-5-7-16-6-3-4-9-20(16)17/h3-15H,1-2H3,(H,24,26)(H,25,27). The van der Waals surface area contributed by atoms with Crippen LogP contribution in [0.15, 0.2) is 71.8 Å². The summed E-state index contributed by atoms with van der Waals surface area (Å²) in [5, 5.41) is 8.83. The second kappa shape index (κ2) is 8.81. The summed E-state index contributed by atoms with van der Waals surface area (Å²) in [6.07, 6.45) is 1.58. The maximum atomic E-state index is 12.3. The van der Waals surface area contributed by atoms with Crippen LogP contribution < -0.4 is 15.5 Å². The average molecular weight is 375 g/mol. The van der Waals surface area contributed by atoms with Crippen LogP contribution in [0.4, 0.5) is 5.69 Å². The molecule has 0 saturated carbocycles. The first-order valence-electron chi connectivity index (χ1n) is 8.84. The number of rotatable bonds is 6. The first-order valence-corrected chi connectivity index (χ1v) is 8.84. The van der Waals surface area contributed by atoms with Gasteiger partial charge in [0.15, 0.2) is 0 Å². The number of benzene rings is 3. The molecule has 0 radical (unpaired) electrons. The van der Waals surface area contributed by atoms with Crippen LogP contribution in [0.1, 0.15) is 12.5 Å². The third kappa shape index (κ3) is 4.54. The zero-order valence-corrected chi connectivity index (χ0v) is 15.7. The maximum Gasteiger partial charge on any atom is 0.252 e. The lowest BCUT2D eigenvalue weighted by atomic mass is 10.1. The Morgan fingerprint density at radius 3 is 2.43 bits per heavy atom. The van der Waals surface area contributed by atoms with Crippen LogP contribution in [-0.4, -0.2) is 25.1 Å². The third-order valence-corrected chi connectivity index (χ3v) is 4.35. The molecule has 0 bridgehead atoms. The van der Waals surface area contributed by atoms with E-state index in [1.165, 1.54) is 6.92 Å². The fourth-order valence-corrected chi connectivity index (χ4v) is 2.67. The molecule has 1 unspecified atom stereocenters. The number of amides is 2. The van der Waals surface area contributed by atoms with Crippen molar-refractivity contribution in [3.63, 3.8) is 0 Å². The maximum absolute atomic E-state index is 12.3. The average Bonchev–Trinajstić information content (AvgIpc) is 2.73. The quantitative estimate of drug-likeness (QED) is 0.393. The monoisotopic (exact) mass is 375 g/mol. The first kappa shape index (κ1) is 19.1. The Morgan fingerprint density at radius 1 is 0.964 bits per heavy atom. The van der Waals surface area contributed by atoms with Crippen molar-refractivity contribution in [2.45, 2.75) is 6.92 Å². The van der Waals surface area contributed by atoms with E-state index in [4.69, 9.17) is 4.74 Å². The second-order valence-corrected chi connectivity index (χ2v) is 6.24. The van der Waals surface area contributed by atoms with Crippen LogP contribution in [0, 0.1) is 5.92 Å². The molecule has 28 heavy (non-hydrogen) atoms. The van der Waals surface area contributed by atoms with Gasteiger partial charge in [0.2, 0.25) is 5.91 Å². The number of hydrogen-bond donors (Lipinski definition) is 2. The van der Waals surface area contributed by atoms with Gasteiger partial charge in [-0.1, -0.05) is 42.5 Å². The van der Waals surface area contributed by atoms with Crippen molar-refractivity contribution in [2.75, 3.05) is 12.4 Å². The Labute approximate surface area is 163 Å². The molecule has 0 saturated heterocycles. The highest BCUT2D eigenvalue weighted by molar-refractivity contribution is 6.06. The van der Waals surface area contributed by atoms with Gasteiger partial charge in [-0.25, -0.2) is 5.43 Å². The van der Waals surface area contributed by atoms with Crippen LogP contribution in [0.3, 0.4) is 0 Å². The molecule has 0 aliphatic heterocycles. The van der Waals surface area contributed by atoms with Crippen LogP contribution in [-0.2, 0) is 9.59 Å². The van der Waals surface area contributed by atoms with Gasteiger partial charge in [-0.15, -0.1) is 0 Å². The number of fused-ring (bicyclic) bond motifs is 1. The number of ether oxygens (including phenoxy) is 1. The van der Waals surface area contributed by atoms with Gasteiger partial charge in [0.05, 0.1) is 13.3 Å². The van der Waals surface area contributed by atoms with E-state index in [2.05, 4.69) is 15.8 Å². The van der Waals surface area contributed by atoms with Crippen molar-refractivity contribution in [3.8, 4) is 5.75 Å². The Kier molecular flexibility index (Phi) is 6.01. The summed E-state index contributed by atoms with van der Waals surface area (Å²) in [4.78, 5) is 24.5. The van der Waals surface area contributed by atoms with Crippen molar-refractivity contribution in [1.82, 2.24) is 5.43 Å². The lowest BCUT2D eigenvalue weighted by Gasteiger charge is -2.11. The summed E-state index contributed by atoms with van der Waals surface area (Å²) < 4.78 is 5.07. The number of hydrogen-bond acceptors (Lipinski definition) is 4. The van der Waals surface area contributed by atoms with E-state index >= 15 is 0 Å². The van der Waals surface area contributed by atoms with Crippen molar-refractivity contribution in [2.24, 2.45) is 11.0 Å². The zero-order valence-electron chi connectivity index (χ0n) is 15.7. The molecule has 0 aliphatic carbocycles. The zero-order chi connectivity index (χ0) is 19.9. The van der Waals surface area contributed by atoms with Crippen molar-refractivity contribution in [1.29, 1.82) is 0 Å². The van der Waals surface area contributed by atoms with Gasteiger partial charge >= 0.3 is 0 Å². The summed E-state index contributed by atoms with van der Waals surface area (Å²) in [5.74, 6) is -1.11. The minimum Gasteiger partial charge on any atom is -0.497 e. The van der Waals surface area contributed by atoms with Gasteiger partial charge in [-0.2, -0.15) is 5.10 Å².